The van der Waals surface area contributed by atoms with Gasteiger partial charge in [0.2, 0.25) is 17.8 Å². The summed E-state index contributed by atoms with van der Waals surface area (Å²) in [6.07, 6.45) is -11.3. The molecule has 46 heavy (non-hydrogen) atoms. The second-order valence-corrected chi connectivity index (χ2v) is 10.5. The fraction of sp³-hybridized carbons (Fsp3) is 0.552. The van der Waals surface area contributed by atoms with Gasteiger partial charge in [0.15, 0.2) is 34.9 Å². The van der Waals surface area contributed by atoms with Crippen molar-refractivity contribution in [1.82, 2.24) is 0 Å². The normalized spacial score (nSPS) is 29.2. The number of phenols is 1. The molecule has 17 heteroatoms. The van der Waals surface area contributed by atoms with Gasteiger partial charge in [-0.2, -0.15) is 0 Å². The summed E-state index contributed by atoms with van der Waals surface area (Å²) in [7, 11) is 5.23. The molecule has 0 spiro atoms. The van der Waals surface area contributed by atoms with Crippen LogP contribution in [0.15, 0.2) is 24.3 Å². The minimum absolute atomic E-state index is 0.0205. The second-order valence-electron chi connectivity index (χ2n) is 10.5. The molecule has 4 rings (SSSR count). The van der Waals surface area contributed by atoms with Crippen LogP contribution in [0, 0.1) is 0 Å². The average Bonchev–Trinajstić information content (AvgIpc) is 3.35. The van der Waals surface area contributed by atoms with Gasteiger partial charge in [-0.05, 0) is 29.8 Å². The van der Waals surface area contributed by atoms with Gasteiger partial charge in [0.25, 0.3) is 0 Å². The maximum absolute atomic E-state index is 12.7. The summed E-state index contributed by atoms with van der Waals surface area (Å²) in [5.41, 5.74) is -1.73. The Kier molecular flexibility index (Phi) is 11.4. The number of carbonyl (C=O) groups excluding carboxylic acids is 1. The SMILES string of the molecule is COc1cc(C(=O)OC[C@]2(O)CO[C@@H](OC[C@@H]3O[C@H](Oc4c(OC)cc(CO)cc4OC)[C@@H](O)[C@H](O)[C@@H]3O)[C@@H]2O)cc(OC)c1O. The minimum Gasteiger partial charge on any atom is -0.502 e. The molecular formula is C29H38O17. The zero-order valence-electron chi connectivity index (χ0n) is 25.4. The summed E-state index contributed by atoms with van der Waals surface area (Å²) in [6.45, 7) is -2.08. The van der Waals surface area contributed by atoms with Gasteiger partial charge in [-0.15, -0.1) is 0 Å². The molecule has 0 aliphatic carbocycles. The Bertz CT molecular complexity index is 1300. The summed E-state index contributed by atoms with van der Waals surface area (Å²) in [4.78, 5) is 12.7. The Balaban J connectivity index is 1.39. The predicted octanol–water partition coefficient (Wildman–Crippen LogP) is -1.57. The van der Waals surface area contributed by atoms with E-state index in [-0.39, 0.29) is 46.7 Å². The Hall–Kier alpha value is -3.65. The van der Waals surface area contributed by atoms with Crippen molar-refractivity contribution < 1.29 is 83.2 Å². The molecular weight excluding hydrogens is 620 g/mol. The van der Waals surface area contributed by atoms with Crippen LogP contribution < -0.4 is 23.7 Å². The molecule has 2 aromatic rings. The van der Waals surface area contributed by atoms with E-state index < -0.39 is 74.5 Å². The molecule has 0 saturated carbocycles. The average molecular weight is 659 g/mol. The zero-order valence-corrected chi connectivity index (χ0v) is 25.4. The lowest BCUT2D eigenvalue weighted by atomic mass is 9.99. The molecule has 0 amide bonds. The molecule has 7 N–H and O–H groups in total. The molecule has 0 unspecified atom stereocenters. The van der Waals surface area contributed by atoms with Gasteiger partial charge in [0.05, 0.1) is 53.8 Å². The molecule has 0 aromatic heterocycles. The summed E-state index contributed by atoms with van der Waals surface area (Å²) in [6, 6.07) is 5.33. The Labute approximate surface area is 262 Å². The van der Waals surface area contributed by atoms with Gasteiger partial charge in [-0.1, -0.05) is 0 Å². The predicted molar refractivity (Wildman–Crippen MR) is 151 cm³/mol. The minimum atomic E-state index is -2.10. The van der Waals surface area contributed by atoms with Crippen molar-refractivity contribution in [3.8, 4) is 34.5 Å². The molecule has 17 nitrogen and oxygen atoms in total. The van der Waals surface area contributed by atoms with E-state index in [4.69, 9.17) is 42.6 Å². The lowest BCUT2D eigenvalue weighted by Gasteiger charge is -2.40. The maximum Gasteiger partial charge on any atom is 0.338 e. The molecule has 2 aliphatic heterocycles. The number of methoxy groups -OCH3 is 4. The highest BCUT2D eigenvalue weighted by Crippen LogP contribution is 2.41. The molecule has 2 aliphatic rings. The van der Waals surface area contributed by atoms with Crippen molar-refractivity contribution in [3.05, 3.63) is 35.4 Å². The van der Waals surface area contributed by atoms with Crippen LogP contribution in [-0.2, 0) is 25.6 Å². The van der Waals surface area contributed by atoms with Crippen molar-refractivity contribution in [2.75, 3.05) is 48.3 Å². The third kappa shape index (κ3) is 7.17. The van der Waals surface area contributed by atoms with Gasteiger partial charge in [-0.3, -0.25) is 0 Å². The van der Waals surface area contributed by atoms with Crippen LogP contribution in [0.2, 0.25) is 0 Å². The van der Waals surface area contributed by atoms with E-state index in [1.165, 1.54) is 52.7 Å². The van der Waals surface area contributed by atoms with Crippen LogP contribution in [0.3, 0.4) is 0 Å². The summed E-state index contributed by atoms with van der Waals surface area (Å²) >= 11 is 0. The van der Waals surface area contributed by atoms with E-state index in [1.807, 2.05) is 0 Å². The Morgan fingerprint density at radius 1 is 0.870 bits per heavy atom. The van der Waals surface area contributed by atoms with Crippen LogP contribution in [0.1, 0.15) is 15.9 Å². The highest BCUT2D eigenvalue weighted by molar-refractivity contribution is 5.91. The number of hydrogen-bond acceptors (Lipinski definition) is 17. The van der Waals surface area contributed by atoms with Crippen LogP contribution in [0.5, 0.6) is 34.5 Å². The highest BCUT2D eigenvalue weighted by Gasteiger charge is 2.51. The first kappa shape index (κ1) is 35.2. The quantitative estimate of drug-likeness (QED) is 0.120. The molecule has 0 bridgehead atoms. The molecule has 0 radical (unpaired) electrons. The number of aliphatic hydroxyl groups excluding tert-OH is 5. The lowest BCUT2D eigenvalue weighted by Crippen LogP contribution is -2.60. The van der Waals surface area contributed by atoms with E-state index in [1.54, 1.807) is 0 Å². The first-order valence-electron chi connectivity index (χ1n) is 13.9. The standard InChI is InChI=1S/C29H38O17/c1-38-15-7-14(8-16(39-2)20(15)31)26(36)43-11-29(37)12-44-28(25(29)35)42-10-19-21(32)22(33)23(34)27(45-19)46-24-17(40-3)5-13(9-30)6-18(24)41-4/h5-8,19,21-23,25,27-28,30-35,37H,9-12H2,1-4H3/t19-,21+,22+,23-,25-,27+,28+,29-/m0/s1. The van der Waals surface area contributed by atoms with Crippen molar-refractivity contribution in [2.45, 2.75) is 55.3 Å². The zero-order chi connectivity index (χ0) is 33.8. The molecule has 8 atom stereocenters. The number of benzene rings is 2. The topological polar surface area (TPSA) is 242 Å². The van der Waals surface area contributed by atoms with Crippen LogP contribution in [0.4, 0.5) is 0 Å². The number of hydrogen-bond donors (Lipinski definition) is 7. The van der Waals surface area contributed by atoms with Crippen LogP contribution in [-0.4, -0.2) is 139 Å². The first-order chi connectivity index (χ1) is 21.9. The molecule has 2 heterocycles. The Morgan fingerprint density at radius 2 is 1.46 bits per heavy atom. The lowest BCUT2D eigenvalue weighted by molar-refractivity contribution is -0.289. The number of carbonyl (C=O) groups is 1. The summed E-state index contributed by atoms with van der Waals surface area (Å²) < 4.78 is 48.2. The van der Waals surface area contributed by atoms with Gasteiger partial charge in [0.1, 0.15) is 37.1 Å². The number of esters is 1. The van der Waals surface area contributed by atoms with Gasteiger partial charge >= 0.3 is 5.97 Å². The number of aliphatic hydroxyl groups is 6. The number of aromatic hydroxyl groups is 1. The summed E-state index contributed by atoms with van der Waals surface area (Å²) in [5.74, 6) is -1.15. The third-order valence-electron chi connectivity index (χ3n) is 7.50. The second kappa shape index (κ2) is 14.8. The van der Waals surface area contributed by atoms with E-state index in [0.29, 0.717) is 5.56 Å². The maximum atomic E-state index is 12.7. The van der Waals surface area contributed by atoms with E-state index >= 15 is 0 Å². The molecule has 256 valence electrons. The van der Waals surface area contributed by atoms with Crippen LogP contribution in [0.25, 0.3) is 0 Å². The van der Waals surface area contributed by atoms with E-state index in [9.17, 15) is 40.5 Å². The largest absolute Gasteiger partial charge is 0.502 e. The molecule has 2 saturated heterocycles. The first-order valence-corrected chi connectivity index (χ1v) is 13.9. The monoisotopic (exact) mass is 658 g/mol. The summed E-state index contributed by atoms with van der Waals surface area (Å²) in [5, 5.41) is 72.9. The van der Waals surface area contributed by atoms with Crippen LogP contribution >= 0.6 is 0 Å². The molecule has 2 fully saturated rings. The highest BCUT2D eigenvalue weighted by atomic mass is 16.7. The van der Waals surface area contributed by atoms with Crippen molar-refractivity contribution >= 4 is 5.97 Å². The smallest absolute Gasteiger partial charge is 0.338 e. The van der Waals surface area contributed by atoms with Crippen molar-refractivity contribution in [1.29, 1.82) is 0 Å². The van der Waals surface area contributed by atoms with Crippen molar-refractivity contribution in [3.63, 3.8) is 0 Å². The number of phenolic OH excluding ortho intramolecular Hbond substituents is 1. The van der Waals surface area contributed by atoms with E-state index in [2.05, 4.69) is 0 Å². The third-order valence-corrected chi connectivity index (χ3v) is 7.50. The number of rotatable bonds is 13. The van der Waals surface area contributed by atoms with E-state index in [0.717, 1.165) is 0 Å². The van der Waals surface area contributed by atoms with Crippen molar-refractivity contribution in [2.24, 2.45) is 0 Å². The van der Waals surface area contributed by atoms with Gasteiger partial charge in [0, 0.05) is 0 Å². The molecule has 2 aromatic carbocycles. The fourth-order valence-corrected chi connectivity index (χ4v) is 4.81. The van der Waals surface area contributed by atoms with Gasteiger partial charge in [-0.25, -0.2) is 4.79 Å². The van der Waals surface area contributed by atoms with Gasteiger partial charge < -0.3 is 78.4 Å². The Morgan fingerprint density at radius 3 is 2.00 bits per heavy atom. The number of ether oxygens (including phenoxy) is 9. The fourth-order valence-electron chi connectivity index (χ4n) is 4.81.